The van der Waals surface area contributed by atoms with Crippen LogP contribution < -0.4 is 11.1 Å². The van der Waals surface area contributed by atoms with Gasteiger partial charge in [-0.3, -0.25) is 9.48 Å². The smallest absolute Gasteiger partial charge is 0.254 e. The van der Waals surface area contributed by atoms with Crippen LogP contribution in [0, 0.1) is 6.92 Å². The van der Waals surface area contributed by atoms with Crippen LogP contribution >= 0.6 is 0 Å². The van der Waals surface area contributed by atoms with Crippen molar-refractivity contribution in [1.29, 1.82) is 0 Å². The molecule has 0 aromatic carbocycles. The lowest BCUT2D eigenvalue weighted by molar-refractivity contribution is 0.0952. The van der Waals surface area contributed by atoms with Crippen LogP contribution in [0.5, 0.6) is 0 Å². The maximum Gasteiger partial charge on any atom is 0.254 e. The highest BCUT2D eigenvalue weighted by Crippen LogP contribution is 2.05. The summed E-state index contributed by atoms with van der Waals surface area (Å²) >= 11 is 0. The molecule has 0 bridgehead atoms. The molecular weight excluding hydrogens is 204 g/mol. The van der Waals surface area contributed by atoms with Crippen LogP contribution in [0.1, 0.15) is 35.8 Å². The van der Waals surface area contributed by atoms with Gasteiger partial charge >= 0.3 is 0 Å². The van der Waals surface area contributed by atoms with Gasteiger partial charge in [0, 0.05) is 25.3 Å². The van der Waals surface area contributed by atoms with E-state index in [0.717, 1.165) is 18.5 Å². The molecule has 0 aliphatic carbocycles. The Balaban J connectivity index is 2.39. The van der Waals surface area contributed by atoms with E-state index in [1.165, 1.54) is 0 Å². The second kappa shape index (κ2) is 5.65. The molecule has 1 amide bonds. The molecule has 0 aliphatic rings. The third kappa shape index (κ3) is 3.34. The fraction of sp³-hybridized carbons (Fsp3) is 0.636. The summed E-state index contributed by atoms with van der Waals surface area (Å²) in [5, 5.41) is 6.89. The zero-order valence-corrected chi connectivity index (χ0v) is 10.2. The van der Waals surface area contributed by atoms with Crippen LogP contribution in [-0.2, 0) is 7.05 Å². The monoisotopic (exact) mass is 224 g/mol. The minimum atomic E-state index is -0.0599. The summed E-state index contributed by atoms with van der Waals surface area (Å²) < 4.78 is 1.69. The van der Waals surface area contributed by atoms with Gasteiger partial charge in [-0.15, -0.1) is 0 Å². The van der Waals surface area contributed by atoms with Crippen molar-refractivity contribution in [3.63, 3.8) is 0 Å². The second-order valence-corrected chi connectivity index (χ2v) is 4.14. The van der Waals surface area contributed by atoms with E-state index in [2.05, 4.69) is 10.4 Å². The first-order chi connectivity index (χ1) is 7.52. The normalized spacial score (nSPS) is 12.5. The Kier molecular flexibility index (Phi) is 4.49. The standard InChI is InChI=1S/C11H20N4O/c1-8(12)5-4-6-13-11(16)10-7-14-15(3)9(10)2/h7-8H,4-6,12H2,1-3H3,(H,13,16). The Morgan fingerprint density at radius 1 is 1.69 bits per heavy atom. The Hall–Kier alpha value is -1.36. The largest absolute Gasteiger partial charge is 0.352 e. The van der Waals surface area contributed by atoms with Gasteiger partial charge in [-0.2, -0.15) is 5.10 Å². The molecule has 1 heterocycles. The van der Waals surface area contributed by atoms with Crippen molar-refractivity contribution in [2.24, 2.45) is 12.8 Å². The molecule has 1 aromatic rings. The summed E-state index contributed by atoms with van der Waals surface area (Å²) in [5.41, 5.74) is 7.14. The number of amides is 1. The number of hydrogen-bond donors (Lipinski definition) is 2. The van der Waals surface area contributed by atoms with Gasteiger partial charge in [-0.25, -0.2) is 0 Å². The van der Waals surface area contributed by atoms with E-state index in [0.29, 0.717) is 12.1 Å². The summed E-state index contributed by atoms with van der Waals surface area (Å²) in [6.45, 7) is 4.51. The SMILES string of the molecule is Cc1c(C(=O)NCCCC(C)N)cnn1C. The number of carbonyl (C=O) groups is 1. The minimum Gasteiger partial charge on any atom is -0.352 e. The maximum absolute atomic E-state index is 11.7. The van der Waals surface area contributed by atoms with Crippen LogP contribution in [0.2, 0.25) is 0 Å². The molecule has 0 aliphatic heterocycles. The zero-order valence-electron chi connectivity index (χ0n) is 10.2. The summed E-state index contributed by atoms with van der Waals surface area (Å²) in [6.07, 6.45) is 3.42. The molecule has 90 valence electrons. The number of nitrogens with zero attached hydrogens (tertiary/aromatic N) is 2. The molecule has 0 saturated carbocycles. The molecule has 16 heavy (non-hydrogen) atoms. The van der Waals surface area contributed by atoms with Crippen molar-refractivity contribution in [1.82, 2.24) is 15.1 Å². The van der Waals surface area contributed by atoms with E-state index in [1.54, 1.807) is 10.9 Å². The van der Waals surface area contributed by atoms with Crippen molar-refractivity contribution >= 4 is 5.91 Å². The predicted molar refractivity (Wildman–Crippen MR) is 63.2 cm³/mol. The first-order valence-electron chi connectivity index (χ1n) is 5.54. The van der Waals surface area contributed by atoms with Crippen molar-refractivity contribution in [3.05, 3.63) is 17.5 Å². The van der Waals surface area contributed by atoms with Crippen LogP contribution in [-0.4, -0.2) is 28.3 Å². The summed E-state index contributed by atoms with van der Waals surface area (Å²) in [5.74, 6) is -0.0599. The van der Waals surface area contributed by atoms with E-state index < -0.39 is 0 Å². The van der Waals surface area contributed by atoms with Crippen molar-refractivity contribution in [2.75, 3.05) is 6.54 Å². The number of nitrogens with one attached hydrogen (secondary N) is 1. The summed E-state index contributed by atoms with van der Waals surface area (Å²) in [6, 6.07) is 0.192. The molecule has 5 nitrogen and oxygen atoms in total. The molecule has 3 N–H and O–H groups in total. The molecule has 1 unspecified atom stereocenters. The Bertz CT molecular complexity index is 357. The summed E-state index contributed by atoms with van der Waals surface area (Å²) in [4.78, 5) is 11.7. The molecule has 0 radical (unpaired) electrons. The predicted octanol–water partition coefficient (Wildman–Crippen LogP) is 0.586. The molecular formula is C11H20N4O. The average Bonchev–Trinajstić information content (AvgIpc) is 2.54. The van der Waals surface area contributed by atoms with Crippen LogP contribution in [0.4, 0.5) is 0 Å². The summed E-state index contributed by atoms with van der Waals surface area (Å²) in [7, 11) is 1.82. The number of aromatic nitrogens is 2. The van der Waals surface area contributed by atoms with Crippen LogP contribution in [0.3, 0.4) is 0 Å². The third-order valence-electron chi connectivity index (χ3n) is 2.60. The first kappa shape index (κ1) is 12.7. The quantitative estimate of drug-likeness (QED) is 0.719. The molecule has 0 fully saturated rings. The van der Waals surface area contributed by atoms with Crippen molar-refractivity contribution in [2.45, 2.75) is 32.7 Å². The van der Waals surface area contributed by atoms with Gasteiger partial charge in [-0.1, -0.05) is 0 Å². The van der Waals surface area contributed by atoms with E-state index in [9.17, 15) is 4.79 Å². The van der Waals surface area contributed by atoms with E-state index in [-0.39, 0.29) is 11.9 Å². The van der Waals surface area contributed by atoms with Crippen molar-refractivity contribution < 1.29 is 4.79 Å². The first-order valence-corrected chi connectivity index (χ1v) is 5.54. The Labute approximate surface area is 96.0 Å². The van der Waals surface area contributed by atoms with E-state index in [4.69, 9.17) is 5.73 Å². The molecule has 0 saturated heterocycles. The van der Waals surface area contributed by atoms with Gasteiger partial charge in [0.25, 0.3) is 5.91 Å². The number of aryl methyl sites for hydroxylation is 1. The highest BCUT2D eigenvalue weighted by Gasteiger charge is 2.11. The third-order valence-corrected chi connectivity index (χ3v) is 2.60. The van der Waals surface area contributed by atoms with Crippen LogP contribution in [0.15, 0.2) is 6.20 Å². The van der Waals surface area contributed by atoms with Crippen LogP contribution in [0.25, 0.3) is 0 Å². The van der Waals surface area contributed by atoms with Gasteiger partial charge in [-0.05, 0) is 26.7 Å². The Morgan fingerprint density at radius 2 is 2.38 bits per heavy atom. The van der Waals surface area contributed by atoms with Crippen molar-refractivity contribution in [3.8, 4) is 0 Å². The van der Waals surface area contributed by atoms with Gasteiger partial charge < -0.3 is 11.1 Å². The highest BCUT2D eigenvalue weighted by atomic mass is 16.1. The molecule has 5 heteroatoms. The van der Waals surface area contributed by atoms with E-state index >= 15 is 0 Å². The Morgan fingerprint density at radius 3 is 2.88 bits per heavy atom. The highest BCUT2D eigenvalue weighted by molar-refractivity contribution is 5.94. The second-order valence-electron chi connectivity index (χ2n) is 4.14. The number of hydrogen-bond acceptors (Lipinski definition) is 3. The minimum absolute atomic E-state index is 0.0599. The number of carbonyl (C=O) groups excluding carboxylic acids is 1. The van der Waals surface area contributed by atoms with Gasteiger partial charge in [0.1, 0.15) is 0 Å². The lowest BCUT2D eigenvalue weighted by Gasteiger charge is -2.06. The fourth-order valence-electron chi connectivity index (χ4n) is 1.44. The lowest BCUT2D eigenvalue weighted by atomic mass is 10.2. The number of rotatable bonds is 5. The fourth-order valence-corrected chi connectivity index (χ4v) is 1.44. The van der Waals surface area contributed by atoms with E-state index in [1.807, 2.05) is 20.9 Å². The molecule has 1 atom stereocenters. The lowest BCUT2D eigenvalue weighted by Crippen LogP contribution is -2.26. The zero-order chi connectivity index (χ0) is 12.1. The maximum atomic E-state index is 11.7. The van der Waals surface area contributed by atoms with Gasteiger partial charge in [0.2, 0.25) is 0 Å². The number of nitrogens with two attached hydrogens (primary N) is 1. The van der Waals surface area contributed by atoms with Gasteiger partial charge in [0.05, 0.1) is 11.8 Å². The molecule has 1 aromatic heterocycles. The topological polar surface area (TPSA) is 72.9 Å². The molecule has 0 spiro atoms. The average molecular weight is 224 g/mol. The molecule has 1 rings (SSSR count). The van der Waals surface area contributed by atoms with Gasteiger partial charge in [0.15, 0.2) is 0 Å².